The molecule has 2 aromatic heterocycles. The molecule has 10 heteroatoms. The smallest absolute Gasteiger partial charge is 0.238 e. The monoisotopic (exact) mass is 485 g/mol. The van der Waals surface area contributed by atoms with E-state index in [4.69, 9.17) is 5.14 Å². The van der Waals surface area contributed by atoms with Crippen LogP contribution in [0.3, 0.4) is 0 Å². The van der Waals surface area contributed by atoms with E-state index in [1.54, 1.807) is 23.5 Å². The number of rotatable bonds is 6. The van der Waals surface area contributed by atoms with Crippen molar-refractivity contribution in [3.63, 3.8) is 0 Å². The summed E-state index contributed by atoms with van der Waals surface area (Å²) in [4.78, 5) is 17.9. The van der Waals surface area contributed by atoms with Crippen LogP contribution in [0.5, 0.6) is 0 Å². The highest BCUT2D eigenvalue weighted by atomic mass is 79.9. The number of nitrogens with one attached hydrogen (secondary N) is 1. The zero-order valence-electron chi connectivity index (χ0n) is 14.2. The van der Waals surface area contributed by atoms with Gasteiger partial charge in [-0.05, 0) is 46.6 Å². The van der Waals surface area contributed by atoms with Crippen LogP contribution < -0.4 is 10.5 Å². The second kappa shape index (κ2) is 8.19. The summed E-state index contributed by atoms with van der Waals surface area (Å²) in [6, 6.07) is 7.87. The fourth-order valence-corrected chi connectivity index (χ4v) is 5.26. The molecule has 6 nitrogen and oxygen atoms in total. The van der Waals surface area contributed by atoms with Crippen LogP contribution in [-0.2, 0) is 21.2 Å². The van der Waals surface area contributed by atoms with Gasteiger partial charge in [-0.1, -0.05) is 12.1 Å². The summed E-state index contributed by atoms with van der Waals surface area (Å²) in [7, 11) is -3.72. The summed E-state index contributed by atoms with van der Waals surface area (Å²) in [5.41, 5.74) is 1.51. The molecule has 0 spiro atoms. The van der Waals surface area contributed by atoms with Crippen molar-refractivity contribution in [2.24, 2.45) is 5.14 Å². The normalized spacial score (nSPS) is 12.7. The van der Waals surface area contributed by atoms with Gasteiger partial charge in [0.05, 0.1) is 27.9 Å². The maximum Gasteiger partial charge on any atom is 0.238 e. The molecule has 1 unspecified atom stereocenters. The lowest BCUT2D eigenvalue weighted by molar-refractivity contribution is -0.121. The first-order chi connectivity index (χ1) is 12.7. The van der Waals surface area contributed by atoms with Gasteiger partial charge in [0.25, 0.3) is 0 Å². The van der Waals surface area contributed by atoms with Gasteiger partial charge in [-0.3, -0.25) is 4.79 Å². The minimum atomic E-state index is -3.72. The lowest BCUT2D eigenvalue weighted by atomic mass is 10.1. The van der Waals surface area contributed by atoms with Gasteiger partial charge in [-0.15, -0.1) is 22.7 Å². The Morgan fingerprint density at radius 2 is 1.96 bits per heavy atom. The molecule has 3 aromatic rings. The van der Waals surface area contributed by atoms with Crippen LogP contribution in [-0.4, -0.2) is 19.3 Å². The number of primary sulfonamides is 1. The molecule has 0 fully saturated rings. The Bertz CT molecular complexity index is 1060. The summed E-state index contributed by atoms with van der Waals surface area (Å²) >= 11 is 6.53. The van der Waals surface area contributed by atoms with Gasteiger partial charge in [0.1, 0.15) is 5.01 Å². The van der Waals surface area contributed by atoms with Crippen LogP contribution in [0.25, 0.3) is 9.88 Å². The van der Waals surface area contributed by atoms with Crippen LogP contribution in [0.2, 0.25) is 0 Å². The highest BCUT2D eigenvalue weighted by Gasteiger charge is 2.14. The predicted molar refractivity (Wildman–Crippen MR) is 111 cm³/mol. The molecule has 0 saturated carbocycles. The Morgan fingerprint density at radius 1 is 1.26 bits per heavy atom. The molecule has 0 aliphatic carbocycles. The molecular weight excluding hydrogens is 470 g/mol. The highest BCUT2D eigenvalue weighted by molar-refractivity contribution is 9.10. The molecule has 1 aromatic carbocycles. The third-order valence-electron chi connectivity index (χ3n) is 3.76. The van der Waals surface area contributed by atoms with Crippen molar-refractivity contribution < 1.29 is 13.2 Å². The Morgan fingerprint density at radius 3 is 2.56 bits per heavy atom. The van der Waals surface area contributed by atoms with E-state index < -0.39 is 10.0 Å². The summed E-state index contributed by atoms with van der Waals surface area (Å²) in [5.74, 6) is -0.151. The van der Waals surface area contributed by atoms with Crippen molar-refractivity contribution in [1.29, 1.82) is 0 Å². The number of nitrogens with zero attached hydrogens (tertiary/aromatic N) is 1. The molecule has 3 N–H and O–H groups in total. The minimum absolute atomic E-state index is 0.0417. The summed E-state index contributed by atoms with van der Waals surface area (Å²) in [5, 5.41) is 12.7. The Balaban J connectivity index is 1.61. The van der Waals surface area contributed by atoms with Gasteiger partial charge in [0, 0.05) is 15.2 Å². The second-order valence-electron chi connectivity index (χ2n) is 5.85. The lowest BCUT2D eigenvalue weighted by Gasteiger charge is -2.14. The number of carbonyl (C=O) groups excluding carboxylic acids is 1. The number of sulfonamides is 1. The maximum absolute atomic E-state index is 12.3. The van der Waals surface area contributed by atoms with E-state index in [-0.39, 0.29) is 23.3 Å². The third kappa shape index (κ3) is 5.23. The number of halogens is 1. The summed E-state index contributed by atoms with van der Waals surface area (Å²) < 4.78 is 23.6. The molecule has 0 aliphatic heterocycles. The fourth-order valence-electron chi connectivity index (χ4n) is 2.41. The zero-order valence-corrected chi connectivity index (χ0v) is 18.2. The van der Waals surface area contributed by atoms with E-state index >= 15 is 0 Å². The van der Waals surface area contributed by atoms with Crippen molar-refractivity contribution >= 4 is 54.5 Å². The first-order valence-corrected chi connectivity index (χ1v) is 11.9. The molecule has 0 saturated heterocycles. The lowest BCUT2D eigenvalue weighted by Crippen LogP contribution is -2.28. The van der Waals surface area contributed by atoms with Crippen molar-refractivity contribution in [2.75, 3.05) is 0 Å². The van der Waals surface area contributed by atoms with Crippen LogP contribution in [0.1, 0.15) is 24.2 Å². The highest BCUT2D eigenvalue weighted by Crippen LogP contribution is 2.32. The molecule has 1 amide bonds. The van der Waals surface area contributed by atoms with Gasteiger partial charge in [0.2, 0.25) is 15.9 Å². The number of hydrogen-bond donors (Lipinski definition) is 2. The van der Waals surface area contributed by atoms with E-state index in [0.717, 1.165) is 19.9 Å². The zero-order chi connectivity index (χ0) is 19.6. The molecule has 0 aliphatic rings. The maximum atomic E-state index is 12.3. The summed E-state index contributed by atoms with van der Waals surface area (Å²) in [6.45, 7) is 1.83. The van der Waals surface area contributed by atoms with Crippen molar-refractivity contribution in [2.45, 2.75) is 24.3 Å². The molecule has 142 valence electrons. The quantitative estimate of drug-likeness (QED) is 0.555. The first kappa shape index (κ1) is 20.2. The molecular formula is C17H16BrN3O3S3. The van der Waals surface area contributed by atoms with Gasteiger partial charge in [-0.25, -0.2) is 18.5 Å². The van der Waals surface area contributed by atoms with Crippen LogP contribution >= 0.6 is 38.6 Å². The largest absolute Gasteiger partial charge is 0.349 e. The average Bonchev–Trinajstić information content (AvgIpc) is 3.23. The van der Waals surface area contributed by atoms with Crippen LogP contribution in [0.15, 0.2) is 50.5 Å². The third-order valence-corrected chi connectivity index (χ3v) is 7.44. The summed E-state index contributed by atoms with van der Waals surface area (Å²) in [6.07, 6.45) is 0.183. The number of aromatic nitrogens is 1. The predicted octanol–water partition coefficient (Wildman–Crippen LogP) is 3.70. The molecule has 0 bridgehead atoms. The minimum Gasteiger partial charge on any atom is -0.349 e. The van der Waals surface area contributed by atoms with E-state index in [1.165, 1.54) is 23.5 Å². The van der Waals surface area contributed by atoms with Gasteiger partial charge in [-0.2, -0.15) is 0 Å². The standard InChI is InChI=1S/C17H16BrN3O3S3/c1-10(11-2-4-14(5-3-11)27(19,23)24)20-16(22)7-13-9-26-17(21-13)15-6-12(18)8-25-15/h2-6,8-10H,7H2,1H3,(H,20,22)(H2,19,23,24). The number of nitrogens with two attached hydrogens (primary N) is 1. The van der Waals surface area contributed by atoms with Crippen LogP contribution in [0, 0.1) is 0 Å². The van der Waals surface area contributed by atoms with Gasteiger partial charge in [0.15, 0.2) is 0 Å². The fraction of sp³-hybridized carbons (Fsp3) is 0.176. The van der Waals surface area contributed by atoms with Gasteiger partial charge >= 0.3 is 0 Å². The number of thiophene rings is 1. The number of amides is 1. The van der Waals surface area contributed by atoms with E-state index in [9.17, 15) is 13.2 Å². The van der Waals surface area contributed by atoms with Crippen molar-refractivity contribution in [3.05, 3.63) is 56.8 Å². The number of carbonyl (C=O) groups is 1. The van der Waals surface area contributed by atoms with E-state index in [1.807, 2.05) is 23.8 Å². The second-order valence-corrected chi connectivity index (χ2v) is 10.1. The molecule has 27 heavy (non-hydrogen) atoms. The van der Waals surface area contributed by atoms with E-state index in [2.05, 4.69) is 26.2 Å². The van der Waals surface area contributed by atoms with Gasteiger partial charge < -0.3 is 5.32 Å². The molecule has 0 radical (unpaired) electrons. The molecule has 3 rings (SSSR count). The average molecular weight is 486 g/mol. The number of benzene rings is 1. The SMILES string of the molecule is CC(NC(=O)Cc1csc(-c2cc(Br)cs2)n1)c1ccc(S(N)(=O)=O)cc1. The molecule has 2 heterocycles. The number of thiazole rings is 1. The Labute approximate surface area is 173 Å². The number of hydrogen-bond acceptors (Lipinski definition) is 6. The first-order valence-electron chi connectivity index (χ1n) is 7.83. The Hall–Kier alpha value is -1.59. The van der Waals surface area contributed by atoms with Crippen molar-refractivity contribution in [3.8, 4) is 9.88 Å². The van der Waals surface area contributed by atoms with E-state index in [0.29, 0.717) is 5.69 Å². The topological polar surface area (TPSA) is 102 Å². The van der Waals surface area contributed by atoms with Crippen LogP contribution in [0.4, 0.5) is 0 Å². The van der Waals surface area contributed by atoms with Crippen molar-refractivity contribution in [1.82, 2.24) is 10.3 Å². The molecule has 1 atom stereocenters. The Kier molecular flexibility index (Phi) is 6.11.